The van der Waals surface area contributed by atoms with E-state index in [4.69, 9.17) is 0 Å². The third-order valence-electron chi connectivity index (χ3n) is 3.40. The van der Waals surface area contributed by atoms with Crippen LogP contribution in [0.2, 0.25) is 0 Å². The highest BCUT2D eigenvalue weighted by Gasteiger charge is 2.30. The molecule has 2 aromatic rings. The van der Waals surface area contributed by atoms with Crippen molar-refractivity contribution in [2.45, 2.75) is 32.4 Å². The van der Waals surface area contributed by atoms with Crippen LogP contribution in [-0.2, 0) is 12.6 Å². The first kappa shape index (κ1) is 17.1. The highest BCUT2D eigenvalue weighted by Crippen LogP contribution is 2.30. The van der Waals surface area contributed by atoms with Crippen LogP contribution in [0.25, 0.3) is 0 Å². The molecular formula is C18H19F3N2. The van der Waals surface area contributed by atoms with Gasteiger partial charge in [0.25, 0.3) is 0 Å². The van der Waals surface area contributed by atoms with Gasteiger partial charge in [-0.3, -0.25) is 5.43 Å². The Bertz CT molecular complexity index is 646. The van der Waals surface area contributed by atoms with E-state index in [0.717, 1.165) is 37.0 Å². The highest BCUT2D eigenvalue weighted by molar-refractivity contribution is 5.80. The summed E-state index contributed by atoms with van der Waals surface area (Å²) in [6.07, 6.45) is 0.602. The van der Waals surface area contributed by atoms with Crippen LogP contribution in [0.3, 0.4) is 0 Å². The number of hydrogen-bond donors (Lipinski definition) is 1. The van der Waals surface area contributed by atoms with Crippen molar-refractivity contribution >= 4 is 11.9 Å². The van der Waals surface area contributed by atoms with Crippen molar-refractivity contribution in [1.29, 1.82) is 0 Å². The molecule has 0 unspecified atom stereocenters. The Kier molecular flexibility index (Phi) is 5.79. The number of hydrazone groups is 1. The van der Waals surface area contributed by atoms with Crippen molar-refractivity contribution < 1.29 is 13.2 Å². The van der Waals surface area contributed by atoms with Gasteiger partial charge >= 0.3 is 6.18 Å². The molecule has 2 aromatic carbocycles. The summed E-state index contributed by atoms with van der Waals surface area (Å²) in [6.45, 7) is 2.15. The molecule has 2 nitrogen and oxygen atoms in total. The average Bonchev–Trinajstić information content (AvgIpc) is 2.54. The molecular weight excluding hydrogens is 301 g/mol. The molecule has 2 rings (SSSR count). The monoisotopic (exact) mass is 320 g/mol. The number of rotatable bonds is 6. The molecule has 0 bridgehead atoms. The zero-order valence-corrected chi connectivity index (χ0v) is 12.9. The van der Waals surface area contributed by atoms with Gasteiger partial charge < -0.3 is 0 Å². The minimum absolute atomic E-state index is 0.302. The number of hydrogen-bond acceptors (Lipinski definition) is 2. The van der Waals surface area contributed by atoms with E-state index < -0.39 is 11.7 Å². The summed E-state index contributed by atoms with van der Waals surface area (Å²) in [5.74, 6) is 0. The molecule has 0 heterocycles. The number of anilines is 1. The molecule has 23 heavy (non-hydrogen) atoms. The SMILES string of the molecule is CCCCc1ccc(C=NNc2cccc(C(F)(F)F)c2)cc1. The number of halogens is 3. The Labute approximate surface area is 134 Å². The Morgan fingerprint density at radius 1 is 1.09 bits per heavy atom. The van der Waals surface area contributed by atoms with Crippen LogP contribution in [0.4, 0.5) is 18.9 Å². The smallest absolute Gasteiger partial charge is 0.278 e. The first-order valence-corrected chi connectivity index (χ1v) is 7.54. The minimum atomic E-state index is -4.35. The first-order chi connectivity index (χ1) is 11.0. The molecule has 0 fully saturated rings. The Morgan fingerprint density at radius 3 is 2.48 bits per heavy atom. The summed E-state index contributed by atoms with van der Waals surface area (Å²) in [6, 6.07) is 12.9. The largest absolute Gasteiger partial charge is 0.416 e. The van der Waals surface area contributed by atoms with Crippen molar-refractivity contribution in [2.75, 3.05) is 5.43 Å². The number of nitrogens with one attached hydrogen (secondary N) is 1. The van der Waals surface area contributed by atoms with Crippen LogP contribution in [0.5, 0.6) is 0 Å². The van der Waals surface area contributed by atoms with E-state index in [-0.39, 0.29) is 0 Å². The Morgan fingerprint density at radius 2 is 1.83 bits per heavy atom. The lowest BCUT2D eigenvalue weighted by Gasteiger charge is -2.08. The first-order valence-electron chi connectivity index (χ1n) is 7.54. The second-order valence-electron chi connectivity index (χ2n) is 5.29. The van der Waals surface area contributed by atoms with Gasteiger partial charge in [0.05, 0.1) is 17.5 Å². The number of alkyl halides is 3. The van der Waals surface area contributed by atoms with E-state index in [0.29, 0.717) is 5.69 Å². The third-order valence-corrected chi connectivity index (χ3v) is 3.40. The van der Waals surface area contributed by atoms with Gasteiger partial charge in [-0.05, 0) is 42.2 Å². The number of benzene rings is 2. The minimum Gasteiger partial charge on any atom is -0.278 e. The van der Waals surface area contributed by atoms with Gasteiger partial charge in [-0.15, -0.1) is 0 Å². The molecule has 0 aliphatic carbocycles. The van der Waals surface area contributed by atoms with E-state index in [1.165, 1.54) is 11.6 Å². The third kappa shape index (κ3) is 5.43. The van der Waals surface area contributed by atoms with E-state index >= 15 is 0 Å². The van der Waals surface area contributed by atoms with Crippen LogP contribution in [0.1, 0.15) is 36.5 Å². The topological polar surface area (TPSA) is 24.4 Å². The van der Waals surface area contributed by atoms with E-state index in [9.17, 15) is 13.2 Å². The predicted molar refractivity (Wildman–Crippen MR) is 87.7 cm³/mol. The van der Waals surface area contributed by atoms with E-state index in [2.05, 4.69) is 17.5 Å². The van der Waals surface area contributed by atoms with Gasteiger partial charge in [0.15, 0.2) is 0 Å². The van der Waals surface area contributed by atoms with Gasteiger partial charge in [0.2, 0.25) is 0 Å². The number of nitrogens with zero attached hydrogens (tertiary/aromatic N) is 1. The molecule has 5 heteroatoms. The molecule has 0 atom stereocenters. The average molecular weight is 320 g/mol. The molecule has 0 saturated heterocycles. The Balaban J connectivity index is 1.96. The van der Waals surface area contributed by atoms with Crippen LogP contribution in [0.15, 0.2) is 53.6 Å². The van der Waals surface area contributed by atoms with Crippen LogP contribution in [-0.4, -0.2) is 6.21 Å². The fourth-order valence-corrected chi connectivity index (χ4v) is 2.10. The summed E-state index contributed by atoms with van der Waals surface area (Å²) >= 11 is 0. The number of aryl methyl sites for hydroxylation is 1. The molecule has 1 N–H and O–H groups in total. The summed E-state index contributed by atoms with van der Waals surface area (Å²) in [7, 11) is 0. The molecule has 0 radical (unpaired) electrons. The molecule has 122 valence electrons. The maximum Gasteiger partial charge on any atom is 0.416 e. The fraction of sp³-hybridized carbons (Fsp3) is 0.278. The summed E-state index contributed by atoms with van der Waals surface area (Å²) in [5.41, 5.74) is 4.40. The zero-order chi connectivity index (χ0) is 16.7. The zero-order valence-electron chi connectivity index (χ0n) is 12.9. The summed E-state index contributed by atoms with van der Waals surface area (Å²) in [4.78, 5) is 0. The lowest BCUT2D eigenvalue weighted by molar-refractivity contribution is -0.137. The Hall–Kier alpha value is -2.30. The lowest BCUT2D eigenvalue weighted by atomic mass is 10.1. The molecule has 0 amide bonds. The number of unbranched alkanes of at least 4 members (excludes halogenated alkanes) is 1. The van der Waals surface area contributed by atoms with Crippen LogP contribution >= 0.6 is 0 Å². The van der Waals surface area contributed by atoms with Crippen LogP contribution < -0.4 is 5.43 Å². The fourth-order valence-electron chi connectivity index (χ4n) is 2.10. The second kappa shape index (κ2) is 7.81. The van der Waals surface area contributed by atoms with Crippen molar-refractivity contribution in [3.05, 3.63) is 65.2 Å². The van der Waals surface area contributed by atoms with Crippen molar-refractivity contribution in [2.24, 2.45) is 5.10 Å². The van der Waals surface area contributed by atoms with Gasteiger partial charge in [-0.2, -0.15) is 18.3 Å². The molecule has 0 saturated carbocycles. The molecule has 0 aromatic heterocycles. The van der Waals surface area contributed by atoms with E-state index in [1.807, 2.05) is 24.3 Å². The van der Waals surface area contributed by atoms with Crippen molar-refractivity contribution in [3.63, 3.8) is 0 Å². The van der Waals surface area contributed by atoms with E-state index in [1.54, 1.807) is 12.3 Å². The lowest BCUT2D eigenvalue weighted by Crippen LogP contribution is -2.05. The highest BCUT2D eigenvalue weighted by atomic mass is 19.4. The normalized spacial score (nSPS) is 11.8. The second-order valence-corrected chi connectivity index (χ2v) is 5.29. The summed E-state index contributed by atoms with van der Waals surface area (Å²) in [5, 5.41) is 3.98. The van der Waals surface area contributed by atoms with Crippen molar-refractivity contribution in [3.8, 4) is 0 Å². The quantitative estimate of drug-likeness (QED) is 0.552. The van der Waals surface area contributed by atoms with Gasteiger partial charge in [0.1, 0.15) is 0 Å². The molecule has 0 spiro atoms. The summed E-state index contributed by atoms with van der Waals surface area (Å²) < 4.78 is 37.8. The van der Waals surface area contributed by atoms with Crippen LogP contribution in [0, 0.1) is 0 Å². The van der Waals surface area contributed by atoms with Gasteiger partial charge in [0, 0.05) is 0 Å². The standard InChI is InChI=1S/C18H19F3N2/c1-2-3-5-14-8-10-15(11-9-14)13-22-23-17-7-4-6-16(12-17)18(19,20)21/h4,6-13,23H,2-3,5H2,1H3. The van der Waals surface area contributed by atoms with Crippen molar-refractivity contribution in [1.82, 2.24) is 0 Å². The maximum absolute atomic E-state index is 12.6. The molecule has 0 aliphatic heterocycles. The van der Waals surface area contributed by atoms with Gasteiger partial charge in [-0.25, -0.2) is 0 Å². The van der Waals surface area contributed by atoms with Gasteiger partial charge in [-0.1, -0.05) is 43.7 Å². The predicted octanol–water partition coefficient (Wildman–Crippen LogP) is 5.49. The maximum atomic E-state index is 12.6. The molecule has 0 aliphatic rings.